The van der Waals surface area contributed by atoms with E-state index >= 15 is 0 Å². The van der Waals surface area contributed by atoms with Crippen LogP contribution in [0.4, 0.5) is 0 Å². The zero-order valence-corrected chi connectivity index (χ0v) is 8.81. The van der Waals surface area contributed by atoms with Gasteiger partial charge in [0.05, 0.1) is 6.10 Å². The van der Waals surface area contributed by atoms with Crippen molar-refractivity contribution in [3.8, 4) is 0 Å². The number of nitrogens with one attached hydrogen (secondary N) is 1. The minimum Gasteiger partial charge on any atom is -0.374 e. The average molecular weight is 183 g/mol. The number of hydrogen-bond acceptors (Lipinski definition) is 2. The summed E-state index contributed by atoms with van der Waals surface area (Å²) in [6, 6.07) is 0. The Kier molecular flexibility index (Phi) is 5.09. The Hall–Kier alpha value is -0.340. The zero-order chi connectivity index (χ0) is 9.52. The molecule has 1 fully saturated rings. The van der Waals surface area contributed by atoms with Gasteiger partial charge in [0.15, 0.2) is 0 Å². The monoisotopic (exact) mass is 183 g/mol. The summed E-state index contributed by atoms with van der Waals surface area (Å²) in [5, 5.41) is 3.38. The first-order valence-corrected chi connectivity index (χ1v) is 5.32. The molecule has 1 atom stereocenters. The van der Waals surface area contributed by atoms with Gasteiger partial charge in [0, 0.05) is 13.2 Å². The molecule has 1 unspecified atom stereocenters. The molecule has 1 aliphatic rings. The van der Waals surface area contributed by atoms with Crippen LogP contribution in [-0.4, -0.2) is 25.8 Å². The highest BCUT2D eigenvalue weighted by Gasteiger charge is 2.12. The number of ether oxygens (including phenoxy) is 1. The van der Waals surface area contributed by atoms with Crippen LogP contribution in [0.15, 0.2) is 11.6 Å². The smallest absolute Gasteiger partial charge is 0.0759 e. The van der Waals surface area contributed by atoms with Gasteiger partial charge in [-0.1, -0.05) is 18.6 Å². The minimum atomic E-state index is 0.392. The van der Waals surface area contributed by atoms with Crippen molar-refractivity contribution in [2.45, 2.75) is 39.2 Å². The molecule has 0 aliphatic carbocycles. The van der Waals surface area contributed by atoms with Crippen LogP contribution in [0.2, 0.25) is 0 Å². The molecule has 1 heterocycles. The van der Waals surface area contributed by atoms with E-state index in [9.17, 15) is 0 Å². The molecule has 0 aromatic heterocycles. The minimum absolute atomic E-state index is 0.392. The lowest BCUT2D eigenvalue weighted by atomic mass is 10.1. The van der Waals surface area contributed by atoms with Gasteiger partial charge in [0.25, 0.3) is 0 Å². The fraction of sp³-hybridized carbons (Fsp3) is 0.818. The van der Waals surface area contributed by atoms with Gasteiger partial charge in [-0.05, 0) is 32.7 Å². The van der Waals surface area contributed by atoms with Crippen LogP contribution in [0.3, 0.4) is 0 Å². The Morgan fingerprint density at radius 2 is 2.46 bits per heavy atom. The van der Waals surface area contributed by atoms with Crippen LogP contribution < -0.4 is 5.32 Å². The highest BCUT2D eigenvalue weighted by molar-refractivity contribution is 5.04. The van der Waals surface area contributed by atoms with Crippen molar-refractivity contribution >= 4 is 0 Å². The second-order valence-electron chi connectivity index (χ2n) is 3.74. The fourth-order valence-corrected chi connectivity index (χ4v) is 1.57. The summed E-state index contributed by atoms with van der Waals surface area (Å²) in [6.45, 7) is 7.41. The lowest BCUT2D eigenvalue weighted by Crippen LogP contribution is -2.17. The van der Waals surface area contributed by atoms with E-state index < -0.39 is 0 Å². The zero-order valence-electron chi connectivity index (χ0n) is 8.81. The molecule has 0 spiro atoms. The maximum atomic E-state index is 5.53. The van der Waals surface area contributed by atoms with Crippen molar-refractivity contribution in [3.63, 3.8) is 0 Å². The van der Waals surface area contributed by atoms with Gasteiger partial charge in [-0.2, -0.15) is 0 Å². The topological polar surface area (TPSA) is 21.3 Å². The molecule has 0 aromatic carbocycles. The fourth-order valence-electron chi connectivity index (χ4n) is 1.57. The van der Waals surface area contributed by atoms with E-state index in [4.69, 9.17) is 4.74 Å². The largest absolute Gasteiger partial charge is 0.374 e. The predicted molar refractivity (Wildman–Crippen MR) is 55.9 cm³/mol. The molecule has 2 nitrogen and oxygen atoms in total. The summed E-state index contributed by atoms with van der Waals surface area (Å²) in [4.78, 5) is 0. The molecule has 76 valence electrons. The van der Waals surface area contributed by atoms with Gasteiger partial charge < -0.3 is 10.1 Å². The third kappa shape index (κ3) is 4.44. The summed E-state index contributed by atoms with van der Waals surface area (Å²) in [5.41, 5.74) is 1.40. The van der Waals surface area contributed by atoms with Crippen LogP contribution in [0.1, 0.15) is 33.1 Å². The Balaban J connectivity index is 2.16. The molecular weight excluding hydrogens is 162 g/mol. The van der Waals surface area contributed by atoms with Crippen molar-refractivity contribution in [1.29, 1.82) is 0 Å². The Morgan fingerprint density at radius 3 is 3.08 bits per heavy atom. The Labute approximate surface area is 81.4 Å². The number of hydrogen-bond donors (Lipinski definition) is 1. The summed E-state index contributed by atoms with van der Waals surface area (Å²) in [7, 11) is 0. The van der Waals surface area contributed by atoms with Crippen LogP contribution in [0.5, 0.6) is 0 Å². The van der Waals surface area contributed by atoms with Gasteiger partial charge in [-0.15, -0.1) is 0 Å². The van der Waals surface area contributed by atoms with Crippen molar-refractivity contribution in [3.05, 3.63) is 11.6 Å². The number of rotatable bonds is 5. The first-order valence-electron chi connectivity index (χ1n) is 5.32. The molecule has 0 aromatic rings. The van der Waals surface area contributed by atoms with E-state index in [1.807, 2.05) is 0 Å². The third-order valence-electron chi connectivity index (χ3n) is 2.27. The second kappa shape index (κ2) is 6.17. The van der Waals surface area contributed by atoms with Gasteiger partial charge in [0.1, 0.15) is 0 Å². The Morgan fingerprint density at radius 1 is 1.62 bits per heavy atom. The quantitative estimate of drug-likeness (QED) is 0.520. The van der Waals surface area contributed by atoms with E-state index in [0.717, 1.165) is 19.7 Å². The van der Waals surface area contributed by atoms with E-state index in [0.29, 0.717) is 6.10 Å². The standard InChI is InChI=1S/C11H21NO/c1-3-6-12-9-10(2)8-11-5-4-7-13-11/h8,11-12H,3-7,9H2,1-2H3/b10-8+. The Bertz CT molecular complexity index is 159. The lowest BCUT2D eigenvalue weighted by molar-refractivity contribution is 0.145. The molecule has 2 heteroatoms. The van der Waals surface area contributed by atoms with E-state index in [1.165, 1.54) is 24.8 Å². The second-order valence-corrected chi connectivity index (χ2v) is 3.74. The molecule has 0 saturated carbocycles. The molecule has 0 amide bonds. The van der Waals surface area contributed by atoms with Gasteiger partial charge in [0.2, 0.25) is 0 Å². The highest BCUT2D eigenvalue weighted by Crippen LogP contribution is 2.14. The maximum absolute atomic E-state index is 5.53. The molecule has 1 aliphatic heterocycles. The lowest BCUT2D eigenvalue weighted by Gasteiger charge is -2.07. The van der Waals surface area contributed by atoms with Gasteiger partial charge in [-0.3, -0.25) is 0 Å². The highest BCUT2D eigenvalue weighted by atomic mass is 16.5. The summed E-state index contributed by atoms with van der Waals surface area (Å²) in [5.74, 6) is 0. The molecule has 1 N–H and O–H groups in total. The van der Waals surface area contributed by atoms with Crippen LogP contribution in [0, 0.1) is 0 Å². The van der Waals surface area contributed by atoms with Crippen molar-refractivity contribution in [1.82, 2.24) is 5.32 Å². The van der Waals surface area contributed by atoms with Crippen molar-refractivity contribution < 1.29 is 4.74 Å². The molecular formula is C11H21NO. The summed E-state index contributed by atoms with van der Waals surface area (Å²) in [6.07, 6.45) is 6.27. The molecule has 13 heavy (non-hydrogen) atoms. The molecule has 1 rings (SSSR count). The summed E-state index contributed by atoms with van der Waals surface area (Å²) < 4.78 is 5.53. The average Bonchev–Trinajstić information content (AvgIpc) is 2.57. The normalized spacial score (nSPS) is 23.8. The maximum Gasteiger partial charge on any atom is 0.0759 e. The first-order chi connectivity index (χ1) is 6.33. The van der Waals surface area contributed by atoms with Crippen LogP contribution >= 0.6 is 0 Å². The van der Waals surface area contributed by atoms with Crippen molar-refractivity contribution in [2.24, 2.45) is 0 Å². The van der Waals surface area contributed by atoms with Gasteiger partial charge in [-0.25, -0.2) is 0 Å². The van der Waals surface area contributed by atoms with Gasteiger partial charge >= 0.3 is 0 Å². The molecule has 0 bridgehead atoms. The van der Waals surface area contributed by atoms with Crippen LogP contribution in [-0.2, 0) is 4.74 Å². The first kappa shape index (κ1) is 10.7. The van der Waals surface area contributed by atoms with E-state index in [-0.39, 0.29) is 0 Å². The molecule has 1 saturated heterocycles. The summed E-state index contributed by atoms with van der Waals surface area (Å²) >= 11 is 0. The molecule has 0 radical (unpaired) electrons. The third-order valence-corrected chi connectivity index (χ3v) is 2.27. The van der Waals surface area contributed by atoms with Crippen molar-refractivity contribution in [2.75, 3.05) is 19.7 Å². The predicted octanol–water partition coefficient (Wildman–Crippen LogP) is 2.11. The SMILES string of the molecule is CCCNC/C(C)=C/C1CCCO1. The van der Waals surface area contributed by atoms with Crippen LogP contribution in [0.25, 0.3) is 0 Å². The van der Waals surface area contributed by atoms with E-state index in [1.54, 1.807) is 0 Å². The van der Waals surface area contributed by atoms with E-state index in [2.05, 4.69) is 25.2 Å².